The molecule has 0 aromatic heterocycles. The van der Waals surface area contributed by atoms with Crippen molar-refractivity contribution in [2.45, 2.75) is 268 Å². The fraction of sp³-hybridized carbons (Fsp3) is 0.936. The summed E-state index contributed by atoms with van der Waals surface area (Å²) in [7, 11) is 0. The third-order valence-corrected chi connectivity index (χ3v) is 11.8. The molecule has 344 valence electrons. The van der Waals surface area contributed by atoms with Gasteiger partial charge in [0.1, 0.15) is 36.6 Å². The van der Waals surface area contributed by atoms with E-state index in [9.17, 15) is 40.5 Å². The van der Waals surface area contributed by atoms with E-state index < -0.39 is 74.2 Å². The highest BCUT2D eigenvalue weighted by Crippen LogP contribution is 2.23. The molecule has 11 heteroatoms. The zero-order valence-corrected chi connectivity index (χ0v) is 37.0. The van der Waals surface area contributed by atoms with Crippen LogP contribution in [0.5, 0.6) is 0 Å². The molecule has 0 saturated carbocycles. The Labute approximate surface area is 353 Å². The lowest BCUT2D eigenvalue weighted by molar-refractivity contribution is -0.303. The predicted molar refractivity (Wildman–Crippen MR) is 233 cm³/mol. The number of aliphatic hydroxyl groups is 7. The summed E-state index contributed by atoms with van der Waals surface area (Å²) in [5.74, 6) is -0.704. The largest absolute Gasteiger partial charge is 0.394 e. The van der Waals surface area contributed by atoms with Gasteiger partial charge in [-0.2, -0.15) is 0 Å². The maximum absolute atomic E-state index is 13.1. The number of unbranched alkanes of at least 4 members (excludes halogenated alkanes) is 26. The van der Waals surface area contributed by atoms with Crippen LogP contribution in [-0.4, -0.2) is 110 Å². The predicted octanol–water partition coefficient (Wildman–Crippen LogP) is 8.06. The number of rotatable bonds is 40. The van der Waals surface area contributed by atoms with Gasteiger partial charge in [0.25, 0.3) is 0 Å². The summed E-state index contributed by atoms with van der Waals surface area (Å²) in [5, 5.41) is 75.6. The standard InChI is InChI=1S/C47H91NO10/c1-3-5-7-9-11-13-15-17-18-19-20-21-22-23-25-27-29-31-33-35-40(51)46(56)48-38(37-57-47-45(55)44(54)43(53)41(36-49)58-47)42(52)39(50)34-32-30-28-26-24-16-14-12-10-8-6-4-2/h26,28,38-45,47,49-55H,3-25,27,29-37H2,1-2H3,(H,48,56)/b28-26-/t38-,39+,40?,41+,42-,43+,44-,45+,47+/m0/s1. The second-order valence-corrected chi connectivity index (χ2v) is 17.2. The Hall–Kier alpha value is -1.15. The maximum atomic E-state index is 13.1. The molecule has 0 bridgehead atoms. The molecule has 9 atom stereocenters. The quantitative estimate of drug-likeness (QED) is 0.0222. The molecule has 1 heterocycles. The van der Waals surface area contributed by atoms with Crippen LogP contribution in [-0.2, 0) is 14.3 Å². The van der Waals surface area contributed by atoms with Crippen LogP contribution >= 0.6 is 0 Å². The fourth-order valence-corrected chi connectivity index (χ4v) is 7.79. The van der Waals surface area contributed by atoms with Crippen molar-refractivity contribution in [2.75, 3.05) is 13.2 Å². The Morgan fingerprint density at radius 3 is 1.48 bits per heavy atom. The molecule has 1 aliphatic heterocycles. The van der Waals surface area contributed by atoms with Crippen LogP contribution in [0.1, 0.15) is 213 Å². The van der Waals surface area contributed by atoms with Crippen LogP contribution in [0.3, 0.4) is 0 Å². The SMILES string of the molecule is CCCCCCCCC/C=C\CCC[C@@H](O)[C@@H](O)[C@H](CO[C@@H]1O[C@H](CO)[C@@H](O)[C@H](O)[C@H]1O)NC(=O)C(O)CCCCCCCCCCCCCCCCCCCCC. The van der Waals surface area contributed by atoms with Gasteiger partial charge in [-0.25, -0.2) is 0 Å². The van der Waals surface area contributed by atoms with Crippen molar-refractivity contribution >= 4 is 5.91 Å². The molecule has 1 amide bonds. The normalized spacial score (nSPS) is 22.0. The molecular formula is C47H91NO10. The van der Waals surface area contributed by atoms with Crippen LogP contribution in [0.4, 0.5) is 0 Å². The van der Waals surface area contributed by atoms with E-state index in [2.05, 4.69) is 31.3 Å². The second kappa shape index (κ2) is 37.6. The van der Waals surface area contributed by atoms with Gasteiger partial charge in [0.2, 0.25) is 5.91 Å². The van der Waals surface area contributed by atoms with Crippen LogP contribution in [0.15, 0.2) is 12.2 Å². The van der Waals surface area contributed by atoms with Crippen molar-refractivity contribution in [3.8, 4) is 0 Å². The van der Waals surface area contributed by atoms with Crippen LogP contribution in [0.25, 0.3) is 0 Å². The minimum atomic E-state index is -1.66. The zero-order valence-electron chi connectivity index (χ0n) is 37.0. The number of allylic oxidation sites excluding steroid dienone is 2. The van der Waals surface area contributed by atoms with Crippen LogP contribution < -0.4 is 5.32 Å². The van der Waals surface area contributed by atoms with Gasteiger partial charge in [0.15, 0.2) is 6.29 Å². The van der Waals surface area contributed by atoms with E-state index in [1.165, 1.54) is 135 Å². The molecule has 0 radical (unpaired) electrons. The Kier molecular flexibility index (Phi) is 35.6. The van der Waals surface area contributed by atoms with Crippen LogP contribution in [0.2, 0.25) is 0 Å². The lowest BCUT2D eigenvalue weighted by Gasteiger charge is -2.40. The fourth-order valence-electron chi connectivity index (χ4n) is 7.79. The van der Waals surface area contributed by atoms with Gasteiger partial charge >= 0.3 is 0 Å². The summed E-state index contributed by atoms with van der Waals surface area (Å²) < 4.78 is 11.1. The number of amides is 1. The van der Waals surface area contributed by atoms with Crippen molar-refractivity contribution in [1.82, 2.24) is 5.32 Å². The van der Waals surface area contributed by atoms with Gasteiger partial charge in [-0.05, 0) is 38.5 Å². The van der Waals surface area contributed by atoms with Crippen molar-refractivity contribution in [3.05, 3.63) is 12.2 Å². The van der Waals surface area contributed by atoms with Crippen molar-refractivity contribution < 1.29 is 50.0 Å². The molecule has 1 rings (SSSR count). The van der Waals surface area contributed by atoms with E-state index >= 15 is 0 Å². The highest BCUT2D eigenvalue weighted by Gasteiger charge is 2.44. The van der Waals surface area contributed by atoms with Gasteiger partial charge < -0.3 is 50.5 Å². The van der Waals surface area contributed by atoms with Crippen molar-refractivity contribution in [1.29, 1.82) is 0 Å². The summed E-state index contributed by atoms with van der Waals surface area (Å²) in [4.78, 5) is 13.1. The van der Waals surface area contributed by atoms with Crippen LogP contribution in [0, 0.1) is 0 Å². The van der Waals surface area contributed by atoms with Crippen molar-refractivity contribution in [3.63, 3.8) is 0 Å². The monoisotopic (exact) mass is 830 g/mol. The first-order valence-corrected chi connectivity index (χ1v) is 24.1. The zero-order chi connectivity index (χ0) is 42.6. The molecule has 11 nitrogen and oxygen atoms in total. The first kappa shape index (κ1) is 54.9. The van der Waals surface area contributed by atoms with E-state index in [1.807, 2.05) is 0 Å². The number of nitrogens with one attached hydrogen (secondary N) is 1. The highest BCUT2D eigenvalue weighted by atomic mass is 16.7. The average Bonchev–Trinajstić information content (AvgIpc) is 3.22. The molecule has 8 N–H and O–H groups in total. The average molecular weight is 830 g/mol. The number of aliphatic hydroxyl groups excluding tert-OH is 7. The molecule has 0 aromatic rings. The molecule has 0 aliphatic carbocycles. The Morgan fingerprint density at radius 1 is 0.586 bits per heavy atom. The summed E-state index contributed by atoms with van der Waals surface area (Å²) in [5.41, 5.74) is 0. The lowest BCUT2D eigenvalue weighted by atomic mass is 9.98. The van der Waals surface area contributed by atoms with Gasteiger partial charge in [-0.3, -0.25) is 4.79 Å². The third-order valence-electron chi connectivity index (χ3n) is 11.8. The lowest BCUT2D eigenvalue weighted by Crippen LogP contribution is -2.60. The minimum Gasteiger partial charge on any atom is -0.394 e. The molecule has 1 fully saturated rings. The van der Waals surface area contributed by atoms with E-state index in [4.69, 9.17) is 9.47 Å². The van der Waals surface area contributed by atoms with Gasteiger partial charge in [0.05, 0.1) is 25.4 Å². The number of carbonyl (C=O) groups is 1. The van der Waals surface area contributed by atoms with Gasteiger partial charge in [0, 0.05) is 0 Å². The molecule has 1 unspecified atom stereocenters. The molecule has 1 saturated heterocycles. The molecule has 0 spiro atoms. The Morgan fingerprint density at radius 2 is 1.02 bits per heavy atom. The van der Waals surface area contributed by atoms with E-state index in [0.717, 1.165) is 38.5 Å². The molecule has 1 aliphatic rings. The number of hydrogen-bond donors (Lipinski definition) is 8. The van der Waals surface area contributed by atoms with Gasteiger partial charge in [-0.1, -0.05) is 187 Å². The van der Waals surface area contributed by atoms with E-state index in [0.29, 0.717) is 12.8 Å². The third kappa shape index (κ3) is 26.9. The van der Waals surface area contributed by atoms with E-state index in [-0.39, 0.29) is 12.8 Å². The summed E-state index contributed by atoms with van der Waals surface area (Å²) in [6.07, 6.45) is 28.4. The minimum absolute atomic E-state index is 0.259. The molecule has 58 heavy (non-hydrogen) atoms. The summed E-state index contributed by atoms with van der Waals surface area (Å²) >= 11 is 0. The first-order chi connectivity index (χ1) is 28.2. The Balaban J connectivity index is 2.41. The number of carbonyl (C=O) groups excluding carboxylic acids is 1. The summed E-state index contributed by atoms with van der Waals surface area (Å²) in [6.45, 7) is 3.42. The van der Waals surface area contributed by atoms with Gasteiger partial charge in [-0.15, -0.1) is 0 Å². The summed E-state index contributed by atoms with van der Waals surface area (Å²) in [6, 6.07) is -1.18. The molecular weight excluding hydrogens is 739 g/mol. The maximum Gasteiger partial charge on any atom is 0.249 e. The second-order valence-electron chi connectivity index (χ2n) is 17.2. The first-order valence-electron chi connectivity index (χ1n) is 24.1. The number of ether oxygens (including phenoxy) is 2. The molecule has 0 aromatic carbocycles. The van der Waals surface area contributed by atoms with E-state index in [1.54, 1.807) is 0 Å². The Bertz CT molecular complexity index is 954. The van der Waals surface area contributed by atoms with Crippen molar-refractivity contribution in [2.24, 2.45) is 0 Å². The smallest absolute Gasteiger partial charge is 0.249 e. The topological polar surface area (TPSA) is 189 Å². The number of hydrogen-bond acceptors (Lipinski definition) is 10. The highest BCUT2D eigenvalue weighted by molar-refractivity contribution is 5.80.